The SMILES string of the molecule is CCN(CC)c1ccc(-c2c3ccc(=[N+](C)C)cc-3oc3cc(N(C)C)ccc23)c(OC)c1.Cl. The van der Waals surface area contributed by atoms with Gasteiger partial charge in [-0.05, 0) is 44.2 Å². The fourth-order valence-corrected chi connectivity index (χ4v) is 4.39. The van der Waals surface area contributed by atoms with Crippen LogP contribution in [0, 0.1) is 0 Å². The highest BCUT2D eigenvalue weighted by atomic mass is 35.5. The summed E-state index contributed by atoms with van der Waals surface area (Å²) in [5, 5.41) is 2.17. The molecule has 0 saturated carbocycles. The van der Waals surface area contributed by atoms with Gasteiger partial charge in [-0.2, -0.15) is 0 Å². The van der Waals surface area contributed by atoms with Gasteiger partial charge in [-0.3, -0.25) is 0 Å². The van der Waals surface area contributed by atoms with Crippen LogP contribution in [0.4, 0.5) is 11.4 Å². The molecule has 0 amide bonds. The highest BCUT2D eigenvalue weighted by Crippen LogP contribution is 2.44. The Hall–Kier alpha value is -3.18. The van der Waals surface area contributed by atoms with Crippen LogP contribution in [0.5, 0.6) is 5.75 Å². The zero-order valence-corrected chi connectivity index (χ0v) is 22.0. The van der Waals surface area contributed by atoms with Gasteiger partial charge in [0, 0.05) is 78.8 Å². The van der Waals surface area contributed by atoms with Gasteiger partial charge in [0.25, 0.3) is 0 Å². The van der Waals surface area contributed by atoms with Gasteiger partial charge in [-0.25, -0.2) is 4.58 Å². The van der Waals surface area contributed by atoms with E-state index in [1.807, 2.05) is 28.2 Å². The number of hydrogen-bond acceptors (Lipinski definition) is 4. The van der Waals surface area contributed by atoms with E-state index >= 15 is 0 Å². The molecule has 0 saturated heterocycles. The summed E-state index contributed by atoms with van der Waals surface area (Å²) < 4.78 is 14.5. The van der Waals surface area contributed by atoms with E-state index < -0.39 is 0 Å². The quantitative estimate of drug-likeness (QED) is 0.266. The van der Waals surface area contributed by atoms with Crippen molar-refractivity contribution in [1.82, 2.24) is 4.58 Å². The van der Waals surface area contributed by atoms with Gasteiger partial charge < -0.3 is 19.0 Å². The van der Waals surface area contributed by atoms with E-state index in [9.17, 15) is 0 Å². The standard InChI is InChI=1S/C28H34N3O2.ClH/c1-8-31(9-2)21-12-15-22(25(18-21)32-7)28-23-13-10-19(29(3)4)16-26(23)33-27-17-20(30(5)6)11-14-24(27)28;/h10-18H,8-9H2,1-7H3;1H/q+1;. The maximum Gasteiger partial charge on any atom is 0.203 e. The van der Waals surface area contributed by atoms with Crippen LogP contribution in [0.2, 0.25) is 0 Å². The number of benzene rings is 3. The van der Waals surface area contributed by atoms with Crippen LogP contribution >= 0.6 is 12.4 Å². The van der Waals surface area contributed by atoms with Crippen molar-refractivity contribution in [2.45, 2.75) is 13.8 Å². The minimum atomic E-state index is 0. The minimum Gasteiger partial charge on any atom is -0.496 e. The summed E-state index contributed by atoms with van der Waals surface area (Å²) in [6.45, 7) is 6.26. The van der Waals surface area contributed by atoms with Crippen molar-refractivity contribution in [3.05, 3.63) is 60.0 Å². The molecule has 2 aliphatic rings. The molecule has 0 N–H and O–H groups in total. The van der Waals surface area contributed by atoms with Crippen LogP contribution in [-0.4, -0.2) is 48.4 Å². The van der Waals surface area contributed by atoms with Crippen LogP contribution in [-0.2, 0) is 0 Å². The molecule has 6 heteroatoms. The third-order valence-electron chi connectivity index (χ3n) is 6.30. The average Bonchev–Trinajstić information content (AvgIpc) is 2.82. The number of methoxy groups -OCH3 is 1. The van der Waals surface area contributed by atoms with E-state index in [-0.39, 0.29) is 12.4 Å². The Morgan fingerprint density at radius 1 is 0.853 bits per heavy atom. The van der Waals surface area contributed by atoms with Crippen LogP contribution in [0.15, 0.2) is 59.0 Å². The van der Waals surface area contributed by atoms with Crippen molar-refractivity contribution in [1.29, 1.82) is 0 Å². The molecular formula is C28H35ClN3O2+. The normalized spacial score (nSPS) is 10.8. The van der Waals surface area contributed by atoms with Crippen molar-refractivity contribution in [2.75, 3.05) is 58.2 Å². The molecule has 0 aromatic heterocycles. The lowest BCUT2D eigenvalue weighted by molar-refractivity contribution is 0.416. The number of nitrogens with zero attached hydrogens (tertiary/aromatic N) is 3. The molecule has 2 aromatic rings. The van der Waals surface area contributed by atoms with E-state index in [0.29, 0.717) is 0 Å². The fraction of sp³-hybridized carbons (Fsp3) is 0.321. The van der Waals surface area contributed by atoms with Crippen LogP contribution in [0.25, 0.3) is 33.4 Å². The van der Waals surface area contributed by atoms with E-state index in [1.54, 1.807) is 7.11 Å². The molecule has 1 aliphatic heterocycles. The molecule has 2 aromatic carbocycles. The molecule has 0 fully saturated rings. The van der Waals surface area contributed by atoms with Crippen molar-refractivity contribution < 1.29 is 9.15 Å². The second-order valence-electron chi connectivity index (χ2n) is 8.68. The van der Waals surface area contributed by atoms with E-state index in [4.69, 9.17) is 9.15 Å². The second kappa shape index (κ2) is 10.4. The zero-order valence-electron chi connectivity index (χ0n) is 21.2. The number of rotatable bonds is 6. The van der Waals surface area contributed by atoms with Crippen molar-refractivity contribution >= 4 is 34.8 Å². The molecule has 34 heavy (non-hydrogen) atoms. The number of fused-ring (bicyclic) bond motifs is 2. The highest BCUT2D eigenvalue weighted by molar-refractivity contribution is 6.04. The summed E-state index contributed by atoms with van der Waals surface area (Å²) in [6, 6.07) is 19.3. The Balaban J connectivity index is 0.00000324. The molecule has 180 valence electrons. The summed E-state index contributed by atoms with van der Waals surface area (Å²) in [4.78, 5) is 4.42. The van der Waals surface area contributed by atoms with Gasteiger partial charge >= 0.3 is 0 Å². The van der Waals surface area contributed by atoms with Crippen molar-refractivity contribution in [3.63, 3.8) is 0 Å². The third-order valence-corrected chi connectivity index (χ3v) is 6.30. The molecule has 4 rings (SSSR count). The lowest BCUT2D eigenvalue weighted by atomic mass is 9.92. The topological polar surface area (TPSA) is 31.9 Å². The maximum absolute atomic E-state index is 6.46. The highest BCUT2D eigenvalue weighted by Gasteiger charge is 2.21. The number of ether oxygens (including phenoxy) is 1. The Morgan fingerprint density at radius 3 is 2.15 bits per heavy atom. The molecule has 0 atom stereocenters. The second-order valence-corrected chi connectivity index (χ2v) is 8.68. The van der Waals surface area contributed by atoms with Crippen LogP contribution in [0.3, 0.4) is 0 Å². The monoisotopic (exact) mass is 480 g/mol. The molecular weight excluding hydrogens is 446 g/mol. The molecule has 5 nitrogen and oxygen atoms in total. The van der Waals surface area contributed by atoms with Gasteiger partial charge in [0.1, 0.15) is 31.2 Å². The lowest BCUT2D eigenvalue weighted by Gasteiger charge is -2.23. The van der Waals surface area contributed by atoms with Gasteiger partial charge in [-0.15, -0.1) is 12.4 Å². The molecule has 1 heterocycles. The average molecular weight is 481 g/mol. The fourth-order valence-electron chi connectivity index (χ4n) is 4.39. The third kappa shape index (κ3) is 4.58. The molecule has 0 radical (unpaired) electrons. The smallest absolute Gasteiger partial charge is 0.203 e. The molecule has 1 aliphatic carbocycles. The Morgan fingerprint density at radius 2 is 1.53 bits per heavy atom. The lowest BCUT2D eigenvalue weighted by Crippen LogP contribution is -2.21. The van der Waals surface area contributed by atoms with Crippen LogP contribution in [0.1, 0.15) is 13.8 Å². The summed E-state index contributed by atoms with van der Waals surface area (Å²) >= 11 is 0. The van der Waals surface area contributed by atoms with E-state index in [0.717, 1.165) is 63.3 Å². The first-order valence-corrected chi connectivity index (χ1v) is 11.5. The Kier molecular flexibility index (Phi) is 7.78. The minimum absolute atomic E-state index is 0. The van der Waals surface area contributed by atoms with Gasteiger partial charge in [0.15, 0.2) is 0 Å². The van der Waals surface area contributed by atoms with E-state index in [1.165, 1.54) is 5.69 Å². The van der Waals surface area contributed by atoms with Gasteiger partial charge in [0.2, 0.25) is 5.36 Å². The Labute approximate surface area is 208 Å². The van der Waals surface area contributed by atoms with E-state index in [2.05, 4.69) is 82.8 Å². The van der Waals surface area contributed by atoms with Crippen LogP contribution < -0.4 is 24.5 Å². The first-order chi connectivity index (χ1) is 15.9. The largest absolute Gasteiger partial charge is 0.496 e. The summed E-state index contributed by atoms with van der Waals surface area (Å²) in [6.07, 6.45) is 0. The summed E-state index contributed by atoms with van der Waals surface area (Å²) in [5.41, 5.74) is 6.39. The predicted molar refractivity (Wildman–Crippen MR) is 147 cm³/mol. The van der Waals surface area contributed by atoms with Crippen molar-refractivity contribution in [2.24, 2.45) is 0 Å². The molecule has 0 spiro atoms. The van der Waals surface area contributed by atoms with Gasteiger partial charge in [0.05, 0.1) is 13.2 Å². The molecule has 0 unspecified atom stereocenters. The first-order valence-electron chi connectivity index (χ1n) is 11.5. The molecule has 0 bridgehead atoms. The number of hydrogen-bond donors (Lipinski definition) is 0. The predicted octanol–water partition coefficient (Wildman–Crippen LogP) is 5.58. The summed E-state index contributed by atoms with van der Waals surface area (Å²) in [7, 11) is 9.92. The zero-order chi connectivity index (χ0) is 23.7. The number of halogens is 1. The van der Waals surface area contributed by atoms with Gasteiger partial charge in [-0.1, -0.05) is 0 Å². The maximum atomic E-state index is 6.46. The summed E-state index contributed by atoms with van der Waals surface area (Å²) in [5.74, 6) is 1.72. The Bertz CT molecular complexity index is 1340. The first kappa shape index (κ1) is 25.4. The van der Waals surface area contributed by atoms with Crippen molar-refractivity contribution in [3.8, 4) is 28.2 Å². The number of anilines is 2.